The van der Waals surface area contributed by atoms with Gasteiger partial charge >= 0.3 is 0 Å². The van der Waals surface area contributed by atoms with E-state index in [9.17, 15) is 0 Å². The van der Waals surface area contributed by atoms with Crippen molar-refractivity contribution < 1.29 is 0 Å². The van der Waals surface area contributed by atoms with Crippen molar-refractivity contribution >= 4 is 0 Å². The third kappa shape index (κ3) is 2.40. The van der Waals surface area contributed by atoms with E-state index in [4.69, 9.17) is 0 Å². The van der Waals surface area contributed by atoms with Crippen LogP contribution in [-0.4, -0.2) is 16.6 Å². The van der Waals surface area contributed by atoms with Gasteiger partial charge in [-0.25, -0.2) is 4.98 Å². The van der Waals surface area contributed by atoms with E-state index in [-0.39, 0.29) is 0 Å². The SMILES string of the molecule is CNCc1cncn1C1CCCC(C)C1. The maximum atomic E-state index is 4.26. The van der Waals surface area contributed by atoms with Crippen molar-refractivity contribution in [1.82, 2.24) is 14.9 Å². The van der Waals surface area contributed by atoms with Crippen LogP contribution in [0.5, 0.6) is 0 Å². The Kier molecular flexibility index (Phi) is 3.41. The fourth-order valence-electron chi connectivity index (χ4n) is 2.63. The molecule has 0 bridgehead atoms. The molecule has 84 valence electrons. The summed E-state index contributed by atoms with van der Waals surface area (Å²) in [6.45, 7) is 3.28. The highest BCUT2D eigenvalue weighted by Crippen LogP contribution is 2.32. The van der Waals surface area contributed by atoms with Crippen LogP contribution in [0.25, 0.3) is 0 Å². The summed E-state index contributed by atoms with van der Waals surface area (Å²) in [5, 5.41) is 3.20. The molecule has 0 amide bonds. The van der Waals surface area contributed by atoms with Crippen LogP contribution in [0.1, 0.15) is 44.3 Å². The highest BCUT2D eigenvalue weighted by atomic mass is 15.1. The van der Waals surface area contributed by atoms with Crippen LogP contribution in [0.15, 0.2) is 12.5 Å². The first-order chi connectivity index (χ1) is 7.31. The van der Waals surface area contributed by atoms with E-state index < -0.39 is 0 Å². The first-order valence-corrected chi connectivity index (χ1v) is 5.96. The lowest BCUT2D eigenvalue weighted by Gasteiger charge is -2.29. The Hall–Kier alpha value is -0.830. The normalized spacial score (nSPS) is 26.8. The van der Waals surface area contributed by atoms with Crippen molar-refractivity contribution in [2.45, 2.75) is 45.2 Å². The Morgan fingerprint density at radius 1 is 1.53 bits per heavy atom. The van der Waals surface area contributed by atoms with Crippen LogP contribution in [0.3, 0.4) is 0 Å². The molecule has 0 radical (unpaired) electrons. The van der Waals surface area contributed by atoms with Crippen LogP contribution in [0.4, 0.5) is 0 Å². The first-order valence-electron chi connectivity index (χ1n) is 5.96. The van der Waals surface area contributed by atoms with Crippen LogP contribution in [0, 0.1) is 5.92 Å². The van der Waals surface area contributed by atoms with E-state index >= 15 is 0 Å². The molecule has 1 N–H and O–H groups in total. The number of hydrogen-bond acceptors (Lipinski definition) is 2. The quantitative estimate of drug-likeness (QED) is 0.824. The van der Waals surface area contributed by atoms with Crippen molar-refractivity contribution in [2.24, 2.45) is 5.92 Å². The Balaban J connectivity index is 2.10. The van der Waals surface area contributed by atoms with Crippen molar-refractivity contribution in [1.29, 1.82) is 0 Å². The summed E-state index contributed by atoms with van der Waals surface area (Å²) in [6.07, 6.45) is 9.37. The van der Waals surface area contributed by atoms with Gasteiger partial charge in [0.2, 0.25) is 0 Å². The van der Waals surface area contributed by atoms with Gasteiger partial charge in [0.05, 0.1) is 12.0 Å². The molecule has 2 atom stereocenters. The van der Waals surface area contributed by atoms with E-state index in [0.29, 0.717) is 6.04 Å². The average molecular weight is 207 g/mol. The van der Waals surface area contributed by atoms with Crippen molar-refractivity contribution in [3.05, 3.63) is 18.2 Å². The van der Waals surface area contributed by atoms with Crippen LogP contribution in [-0.2, 0) is 6.54 Å². The largest absolute Gasteiger partial charge is 0.330 e. The zero-order valence-electron chi connectivity index (χ0n) is 9.74. The molecule has 1 aliphatic carbocycles. The molecule has 0 aromatic carbocycles. The fraction of sp³-hybridized carbons (Fsp3) is 0.750. The summed E-state index contributed by atoms with van der Waals surface area (Å²) in [7, 11) is 1.99. The van der Waals surface area contributed by atoms with Crippen molar-refractivity contribution in [3.8, 4) is 0 Å². The van der Waals surface area contributed by atoms with Gasteiger partial charge in [-0.15, -0.1) is 0 Å². The second-order valence-corrected chi connectivity index (χ2v) is 4.75. The highest BCUT2D eigenvalue weighted by molar-refractivity contribution is 5.00. The van der Waals surface area contributed by atoms with Gasteiger partial charge < -0.3 is 9.88 Å². The minimum absolute atomic E-state index is 0.680. The summed E-state index contributed by atoms with van der Waals surface area (Å²) in [6, 6.07) is 0.680. The van der Waals surface area contributed by atoms with Gasteiger partial charge in [0.15, 0.2) is 0 Å². The maximum absolute atomic E-state index is 4.26. The molecule has 2 rings (SSSR count). The second kappa shape index (κ2) is 4.79. The average Bonchev–Trinajstić information content (AvgIpc) is 2.66. The Bertz CT molecular complexity index is 306. The molecule has 2 unspecified atom stereocenters. The topological polar surface area (TPSA) is 29.9 Å². The number of nitrogens with zero attached hydrogens (tertiary/aromatic N) is 2. The van der Waals surface area contributed by atoms with E-state index in [0.717, 1.165) is 12.5 Å². The van der Waals surface area contributed by atoms with Crippen molar-refractivity contribution in [2.75, 3.05) is 7.05 Å². The smallest absolute Gasteiger partial charge is 0.0951 e. The van der Waals surface area contributed by atoms with Gasteiger partial charge in [0, 0.05) is 18.8 Å². The standard InChI is InChI=1S/C12H21N3/c1-10-4-3-5-11(6-10)15-9-14-8-12(15)7-13-2/h8-11,13H,3-7H2,1-2H3. The molecule has 1 heterocycles. The van der Waals surface area contributed by atoms with Gasteiger partial charge in [-0.05, 0) is 25.8 Å². The van der Waals surface area contributed by atoms with Crippen molar-refractivity contribution in [3.63, 3.8) is 0 Å². The zero-order chi connectivity index (χ0) is 10.7. The summed E-state index contributed by atoms with van der Waals surface area (Å²) in [4.78, 5) is 4.26. The molecule has 1 fully saturated rings. The molecule has 1 saturated carbocycles. The van der Waals surface area contributed by atoms with Gasteiger partial charge in [-0.2, -0.15) is 0 Å². The van der Waals surface area contributed by atoms with E-state index in [2.05, 4.69) is 21.8 Å². The molecule has 1 aromatic heterocycles. The lowest BCUT2D eigenvalue weighted by Crippen LogP contribution is -2.20. The summed E-state index contributed by atoms with van der Waals surface area (Å²) >= 11 is 0. The van der Waals surface area contributed by atoms with E-state index in [1.807, 2.05) is 19.6 Å². The summed E-state index contributed by atoms with van der Waals surface area (Å²) < 4.78 is 2.37. The van der Waals surface area contributed by atoms with Gasteiger partial charge in [-0.1, -0.05) is 19.8 Å². The Morgan fingerprint density at radius 3 is 3.13 bits per heavy atom. The predicted octanol–water partition coefficient (Wildman–Crippen LogP) is 2.35. The summed E-state index contributed by atoms with van der Waals surface area (Å²) in [5.41, 5.74) is 1.32. The number of hydrogen-bond donors (Lipinski definition) is 1. The monoisotopic (exact) mass is 207 g/mol. The molecule has 0 saturated heterocycles. The fourth-order valence-corrected chi connectivity index (χ4v) is 2.63. The predicted molar refractivity (Wildman–Crippen MR) is 61.7 cm³/mol. The molecular formula is C12H21N3. The zero-order valence-corrected chi connectivity index (χ0v) is 9.74. The van der Waals surface area contributed by atoms with Gasteiger partial charge in [-0.3, -0.25) is 0 Å². The molecule has 1 aliphatic rings. The second-order valence-electron chi connectivity index (χ2n) is 4.75. The minimum atomic E-state index is 0.680. The molecule has 0 aliphatic heterocycles. The molecule has 3 nitrogen and oxygen atoms in total. The van der Waals surface area contributed by atoms with E-state index in [1.54, 1.807) is 0 Å². The lowest BCUT2D eigenvalue weighted by molar-refractivity contribution is 0.277. The Labute approximate surface area is 91.9 Å². The maximum Gasteiger partial charge on any atom is 0.0951 e. The number of aromatic nitrogens is 2. The summed E-state index contributed by atoms with van der Waals surface area (Å²) in [5.74, 6) is 0.869. The third-order valence-electron chi connectivity index (χ3n) is 3.41. The first kappa shape index (κ1) is 10.7. The van der Waals surface area contributed by atoms with Crippen LogP contribution >= 0.6 is 0 Å². The molecule has 1 aromatic rings. The number of imidazole rings is 1. The molecular weight excluding hydrogens is 186 g/mol. The van der Waals surface area contributed by atoms with Gasteiger partial charge in [0.25, 0.3) is 0 Å². The van der Waals surface area contributed by atoms with Crippen LogP contribution in [0.2, 0.25) is 0 Å². The van der Waals surface area contributed by atoms with Gasteiger partial charge in [0.1, 0.15) is 0 Å². The molecule has 3 heteroatoms. The molecule has 0 spiro atoms. The van der Waals surface area contributed by atoms with Crippen LogP contribution < -0.4 is 5.32 Å². The third-order valence-corrected chi connectivity index (χ3v) is 3.41. The Morgan fingerprint density at radius 2 is 2.40 bits per heavy atom. The molecule has 15 heavy (non-hydrogen) atoms. The highest BCUT2D eigenvalue weighted by Gasteiger charge is 2.21. The lowest BCUT2D eigenvalue weighted by atomic mass is 9.87. The minimum Gasteiger partial charge on any atom is -0.330 e. The number of rotatable bonds is 3. The van der Waals surface area contributed by atoms with E-state index in [1.165, 1.54) is 31.4 Å². The number of nitrogens with one attached hydrogen (secondary N) is 1.